The van der Waals surface area contributed by atoms with Crippen LogP contribution in [0.15, 0.2) is 47.1 Å². The fourth-order valence-corrected chi connectivity index (χ4v) is 2.90. The Labute approximate surface area is 161 Å². The number of rotatable bonds is 6. The van der Waals surface area contributed by atoms with E-state index in [1.807, 2.05) is 0 Å². The molecule has 1 aromatic heterocycles. The molecule has 1 N–H and O–H groups in total. The lowest BCUT2D eigenvalue weighted by Gasteiger charge is -2.17. The summed E-state index contributed by atoms with van der Waals surface area (Å²) < 4.78 is 10.5. The van der Waals surface area contributed by atoms with Crippen LogP contribution in [0.2, 0.25) is 5.02 Å². The van der Waals surface area contributed by atoms with Gasteiger partial charge in [-0.15, -0.1) is 0 Å². The number of hydrogen-bond acceptors (Lipinski definition) is 5. The van der Waals surface area contributed by atoms with E-state index in [1.54, 1.807) is 41.3 Å². The highest BCUT2D eigenvalue weighted by atomic mass is 35.5. The second kappa shape index (κ2) is 8.26. The third-order valence-corrected chi connectivity index (χ3v) is 4.50. The Morgan fingerprint density at radius 3 is 2.74 bits per heavy atom. The number of carbonyl (C=O) groups excluding carboxylic acids is 3. The Bertz CT molecular complexity index is 819. The molecule has 27 heavy (non-hydrogen) atoms. The van der Waals surface area contributed by atoms with Gasteiger partial charge in [-0.05, 0) is 43.3 Å². The first kappa shape index (κ1) is 19.0. The Hall–Kier alpha value is -2.80. The smallest absolute Gasteiger partial charge is 0.312 e. The summed E-state index contributed by atoms with van der Waals surface area (Å²) in [5, 5.41) is 3.20. The lowest BCUT2D eigenvalue weighted by Crippen LogP contribution is -2.33. The number of ether oxygens (including phenoxy) is 1. The minimum atomic E-state index is -0.984. The number of furan rings is 1. The van der Waals surface area contributed by atoms with Crippen molar-refractivity contribution in [1.29, 1.82) is 0 Å². The van der Waals surface area contributed by atoms with E-state index in [1.165, 1.54) is 13.2 Å². The SMILES string of the molecule is C[C@@H](OC(=O)[C@H]1CC(=O)N(Cc2ccco2)C1)C(=O)Nc1ccc(Cl)cc1. The van der Waals surface area contributed by atoms with Crippen molar-refractivity contribution < 1.29 is 23.5 Å². The zero-order valence-corrected chi connectivity index (χ0v) is 15.4. The fraction of sp³-hybridized carbons (Fsp3) is 0.316. The van der Waals surface area contributed by atoms with Crippen LogP contribution in [0.25, 0.3) is 0 Å². The molecule has 2 aromatic rings. The first-order valence-electron chi connectivity index (χ1n) is 8.49. The number of likely N-dealkylation sites (tertiary alicyclic amines) is 1. The van der Waals surface area contributed by atoms with Crippen LogP contribution in [0.5, 0.6) is 0 Å². The molecule has 1 saturated heterocycles. The average molecular weight is 391 g/mol. The number of anilines is 1. The molecule has 2 heterocycles. The lowest BCUT2D eigenvalue weighted by molar-refractivity contribution is -0.157. The molecule has 8 heteroatoms. The van der Waals surface area contributed by atoms with Crippen molar-refractivity contribution in [3.63, 3.8) is 0 Å². The van der Waals surface area contributed by atoms with Gasteiger partial charge in [0, 0.05) is 23.7 Å². The Kier molecular flexibility index (Phi) is 5.81. The van der Waals surface area contributed by atoms with E-state index < -0.39 is 23.9 Å². The predicted molar refractivity (Wildman–Crippen MR) is 97.9 cm³/mol. The Morgan fingerprint density at radius 2 is 2.07 bits per heavy atom. The number of esters is 1. The maximum absolute atomic E-state index is 12.3. The number of carbonyl (C=O) groups is 3. The van der Waals surface area contributed by atoms with Gasteiger partial charge in [0.2, 0.25) is 5.91 Å². The third-order valence-electron chi connectivity index (χ3n) is 4.25. The molecule has 2 amide bonds. The van der Waals surface area contributed by atoms with Crippen molar-refractivity contribution in [3.8, 4) is 0 Å². The molecular weight excluding hydrogens is 372 g/mol. The summed E-state index contributed by atoms with van der Waals surface area (Å²) in [6.07, 6.45) is 0.607. The molecule has 1 fully saturated rings. The second-order valence-electron chi connectivity index (χ2n) is 6.33. The Balaban J connectivity index is 1.51. The summed E-state index contributed by atoms with van der Waals surface area (Å²) in [5.74, 6) is -1.12. The Morgan fingerprint density at radius 1 is 1.33 bits per heavy atom. The van der Waals surface area contributed by atoms with Gasteiger partial charge in [0.15, 0.2) is 6.10 Å². The summed E-state index contributed by atoms with van der Waals surface area (Å²) >= 11 is 5.80. The van der Waals surface area contributed by atoms with Crippen LogP contribution >= 0.6 is 11.6 Å². The van der Waals surface area contributed by atoms with E-state index in [9.17, 15) is 14.4 Å². The van der Waals surface area contributed by atoms with Crippen molar-refractivity contribution in [1.82, 2.24) is 4.90 Å². The van der Waals surface area contributed by atoms with E-state index in [-0.39, 0.29) is 18.9 Å². The van der Waals surface area contributed by atoms with Crippen LogP contribution in [0.4, 0.5) is 5.69 Å². The maximum atomic E-state index is 12.3. The highest BCUT2D eigenvalue weighted by Gasteiger charge is 2.36. The fourth-order valence-electron chi connectivity index (χ4n) is 2.77. The van der Waals surface area contributed by atoms with Crippen LogP contribution in [-0.4, -0.2) is 35.3 Å². The van der Waals surface area contributed by atoms with Gasteiger partial charge in [-0.25, -0.2) is 0 Å². The molecule has 1 aliphatic rings. The summed E-state index contributed by atoms with van der Waals surface area (Å²) in [7, 11) is 0. The first-order chi connectivity index (χ1) is 12.9. The number of amides is 2. The minimum absolute atomic E-state index is 0.0606. The summed E-state index contributed by atoms with van der Waals surface area (Å²) in [6, 6.07) is 10.1. The standard InChI is InChI=1S/C19H19ClN2O5/c1-12(18(24)21-15-6-4-14(20)5-7-15)27-19(25)13-9-17(23)22(10-13)11-16-3-2-8-26-16/h2-8,12-13H,9-11H2,1H3,(H,21,24)/t12-,13+/m1/s1. The van der Waals surface area contributed by atoms with Crippen LogP contribution in [0.3, 0.4) is 0 Å². The van der Waals surface area contributed by atoms with Gasteiger partial charge in [-0.2, -0.15) is 0 Å². The normalized spacial score (nSPS) is 17.6. The molecule has 0 unspecified atom stereocenters. The van der Waals surface area contributed by atoms with Gasteiger partial charge in [0.05, 0.1) is 18.7 Å². The molecule has 0 saturated carbocycles. The van der Waals surface area contributed by atoms with Crippen LogP contribution in [0, 0.1) is 5.92 Å². The van der Waals surface area contributed by atoms with Gasteiger partial charge < -0.3 is 19.4 Å². The highest BCUT2D eigenvalue weighted by Crippen LogP contribution is 2.22. The molecule has 7 nitrogen and oxygen atoms in total. The van der Waals surface area contributed by atoms with Gasteiger partial charge in [-0.1, -0.05) is 11.6 Å². The van der Waals surface area contributed by atoms with E-state index in [4.69, 9.17) is 20.8 Å². The van der Waals surface area contributed by atoms with Crippen LogP contribution in [0.1, 0.15) is 19.1 Å². The zero-order valence-electron chi connectivity index (χ0n) is 14.7. The van der Waals surface area contributed by atoms with Crippen molar-refractivity contribution in [2.75, 3.05) is 11.9 Å². The number of hydrogen-bond donors (Lipinski definition) is 1. The molecular formula is C19H19ClN2O5. The molecule has 0 spiro atoms. The topological polar surface area (TPSA) is 88.9 Å². The summed E-state index contributed by atoms with van der Waals surface area (Å²) in [4.78, 5) is 38.1. The number of benzene rings is 1. The predicted octanol–water partition coefficient (Wildman–Crippen LogP) is 2.85. The van der Waals surface area contributed by atoms with Crippen LogP contribution in [-0.2, 0) is 25.7 Å². The summed E-state index contributed by atoms with van der Waals surface area (Å²) in [6.45, 7) is 2.03. The van der Waals surface area contributed by atoms with E-state index in [2.05, 4.69) is 5.32 Å². The largest absolute Gasteiger partial charge is 0.467 e. The molecule has 142 valence electrons. The average Bonchev–Trinajstić information content (AvgIpc) is 3.27. The molecule has 0 aliphatic carbocycles. The highest BCUT2D eigenvalue weighted by molar-refractivity contribution is 6.30. The minimum Gasteiger partial charge on any atom is -0.467 e. The van der Waals surface area contributed by atoms with E-state index in [0.29, 0.717) is 23.0 Å². The maximum Gasteiger partial charge on any atom is 0.312 e. The summed E-state index contributed by atoms with van der Waals surface area (Å²) in [5.41, 5.74) is 0.549. The number of nitrogens with one attached hydrogen (secondary N) is 1. The molecule has 0 radical (unpaired) electrons. The van der Waals surface area contributed by atoms with Gasteiger partial charge in [0.1, 0.15) is 5.76 Å². The first-order valence-corrected chi connectivity index (χ1v) is 8.87. The van der Waals surface area contributed by atoms with Gasteiger partial charge in [0.25, 0.3) is 5.91 Å². The second-order valence-corrected chi connectivity index (χ2v) is 6.77. The molecule has 1 aromatic carbocycles. The van der Waals surface area contributed by atoms with Gasteiger partial charge >= 0.3 is 5.97 Å². The van der Waals surface area contributed by atoms with Crippen molar-refractivity contribution in [2.24, 2.45) is 5.92 Å². The number of halogens is 1. The van der Waals surface area contributed by atoms with Gasteiger partial charge in [-0.3, -0.25) is 14.4 Å². The van der Waals surface area contributed by atoms with E-state index >= 15 is 0 Å². The lowest BCUT2D eigenvalue weighted by atomic mass is 10.1. The van der Waals surface area contributed by atoms with Crippen molar-refractivity contribution in [2.45, 2.75) is 26.0 Å². The molecule has 0 bridgehead atoms. The van der Waals surface area contributed by atoms with Crippen molar-refractivity contribution >= 4 is 35.1 Å². The molecule has 3 rings (SSSR count). The monoisotopic (exact) mass is 390 g/mol. The number of nitrogens with zero attached hydrogens (tertiary/aromatic N) is 1. The van der Waals surface area contributed by atoms with E-state index in [0.717, 1.165) is 0 Å². The van der Waals surface area contributed by atoms with Crippen LogP contribution < -0.4 is 5.32 Å². The zero-order chi connectivity index (χ0) is 19.4. The quantitative estimate of drug-likeness (QED) is 0.766. The van der Waals surface area contributed by atoms with Crippen molar-refractivity contribution in [3.05, 3.63) is 53.4 Å². The molecule has 2 atom stereocenters. The third kappa shape index (κ3) is 4.89. The molecule has 1 aliphatic heterocycles.